The van der Waals surface area contributed by atoms with E-state index in [2.05, 4.69) is 24.3 Å². The molecular formula is C20H23FN2O. The third kappa shape index (κ3) is 3.58. The Morgan fingerprint density at radius 1 is 1.12 bits per heavy atom. The maximum atomic E-state index is 13.3. The van der Waals surface area contributed by atoms with Gasteiger partial charge in [0.05, 0.1) is 0 Å². The van der Waals surface area contributed by atoms with E-state index >= 15 is 0 Å². The third-order valence-electron chi connectivity index (χ3n) is 4.63. The molecule has 1 aliphatic carbocycles. The van der Waals surface area contributed by atoms with E-state index in [0.717, 1.165) is 23.2 Å². The molecule has 1 amide bonds. The van der Waals surface area contributed by atoms with Crippen molar-refractivity contribution in [2.45, 2.75) is 18.9 Å². The van der Waals surface area contributed by atoms with Crippen LogP contribution in [-0.2, 0) is 11.3 Å². The Kier molecular flexibility index (Phi) is 4.56. The summed E-state index contributed by atoms with van der Waals surface area (Å²) in [5.74, 6) is 0.0468. The summed E-state index contributed by atoms with van der Waals surface area (Å²) in [6, 6.07) is 14.8. The smallest absolute Gasteiger partial charge is 0.226 e. The minimum atomic E-state index is -0.236. The Hall–Kier alpha value is -2.36. The van der Waals surface area contributed by atoms with Crippen LogP contribution < -0.4 is 4.90 Å². The minimum absolute atomic E-state index is 0.0159. The molecule has 2 aromatic carbocycles. The Balaban J connectivity index is 1.59. The zero-order valence-electron chi connectivity index (χ0n) is 14.4. The summed E-state index contributed by atoms with van der Waals surface area (Å²) in [5, 5.41) is 0. The molecule has 24 heavy (non-hydrogen) atoms. The molecule has 0 aliphatic heterocycles. The molecule has 0 radical (unpaired) electrons. The molecule has 3 nitrogen and oxygen atoms in total. The first-order valence-corrected chi connectivity index (χ1v) is 8.22. The first-order chi connectivity index (χ1) is 11.5. The van der Waals surface area contributed by atoms with Gasteiger partial charge in [0, 0.05) is 39.3 Å². The zero-order chi connectivity index (χ0) is 17.3. The highest BCUT2D eigenvalue weighted by Crippen LogP contribution is 2.48. The fourth-order valence-electron chi connectivity index (χ4n) is 3.11. The first kappa shape index (κ1) is 16.5. The normalized spacial score (nSPS) is 19.0. The van der Waals surface area contributed by atoms with Crippen LogP contribution in [0.15, 0.2) is 48.5 Å². The lowest BCUT2D eigenvalue weighted by atomic mass is 10.1. The first-order valence-electron chi connectivity index (χ1n) is 8.22. The van der Waals surface area contributed by atoms with Gasteiger partial charge in [-0.3, -0.25) is 4.79 Å². The fourth-order valence-corrected chi connectivity index (χ4v) is 3.11. The van der Waals surface area contributed by atoms with Gasteiger partial charge in [-0.2, -0.15) is 0 Å². The van der Waals surface area contributed by atoms with E-state index in [-0.39, 0.29) is 23.6 Å². The number of anilines is 1. The van der Waals surface area contributed by atoms with Crippen LogP contribution in [0.1, 0.15) is 23.5 Å². The van der Waals surface area contributed by atoms with E-state index in [1.54, 1.807) is 11.0 Å². The van der Waals surface area contributed by atoms with Crippen LogP contribution in [0.4, 0.5) is 10.1 Å². The summed E-state index contributed by atoms with van der Waals surface area (Å²) in [6.45, 7) is 0.596. The van der Waals surface area contributed by atoms with Gasteiger partial charge in [-0.25, -0.2) is 4.39 Å². The van der Waals surface area contributed by atoms with Gasteiger partial charge in [0.1, 0.15) is 5.82 Å². The Morgan fingerprint density at radius 3 is 2.46 bits per heavy atom. The molecule has 0 heterocycles. The van der Waals surface area contributed by atoms with Crippen LogP contribution in [0.5, 0.6) is 0 Å². The van der Waals surface area contributed by atoms with E-state index in [0.29, 0.717) is 6.54 Å². The maximum Gasteiger partial charge on any atom is 0.226 e. The molecule has 126 valence electrons. The average Bonchev–Trinajstić information content (AvgIpc) is 3.35. The van der Waals surface area contributed by atoms with Gasteiger partial charge in [-0.05, 0) is 47.7 Å². The molecule has 2 atom stereocenters. The largest absolute Gasteiger partial charge is 0.378 e. The molecule has 0 N–H and O–H groups in total. The van der Waals surface area contributed by atoms with Crippen molar-refractivity contribution in [3.8, 4) is 0 Å². The predicted molar refractivity (Wildman–Crippen MR) is 94.5 cm³/mol. The van der Waals surface area contributed by atoms with Gasteiger partial charge in [0.15, 0.2) is 0 Å². The molecule has 0 bridgehead atoms. The lowest BCUT2D eigenvalue weighted by Crippen LogP contribution is -2.28. The summed E-state index contributed by atoms with van der Waals surface area (Å²) in [5.41, 5.74) is 3.18. The van der Waals surface area contributed by atoms with Gasteiger partial charge in [0.25, 0.3) is 0 Å². The highest BCUT2D eigenvalue weighted by atomic mass is 19.1. The second-order valence-corrected chi connectivity index (χ2v) is 6.76. The number of benzene rings is 2. The van der Waals surface area contributed by atoms with Gasteiger partial charge in [0.2, 0.25) is 5.91 Å². The number of amides is 1. The summed E-state index contributed by atoms with van der Waals surface area (Å²) in [6.07, 6.45) is 0.812. The van der Waals surface area contributed by atoms with Crippen LogP contribution >= 0.6 is 0 Å². The third-order valence-corrected chi connectivity index (χ3v) is 4.63. The van der Waals surface area contributed by atoms with E-state index in [1.165, 1.54) is 12.1 Å². The van der Waals surface area contributed by atoms with Gasteiger partial charge in [-0.15, -0.1) is 0 Å². The van der Waals surface area contributed by atoms with Crippen LogP contribution in [0.3, 0.4) is 0 Å². The van der Waals surface area contributed by atoms with Crippen molar-refractivity contribution >= 4 is 11.6 Å². The van der Waals surface area contributed by atoms with Crippen LogP contribution in [-0.4, -0.2) is 32.0 Å². The van der Waals surface area contributed by atoms with Crippen molar-refractivity contribution in [3.63, 3.8) is 0 Å². The SMILES string of the molecule is CN(Cc1ccc(N(C)C)cc1)C(=O)[C@@H]1C[C@H]1c1cccc(F)c1. The van der Waals surface area contributed by atoms with Crippen molar-refractivity contribution < 1.29 is 9.18 Å². The molecule has 4 heteroatoms. The Bertz CT molecular complexity index is 727. The molecule has 1 fully saturated rings. The highest BCUT2D eigenvalue weighted by molar-refractivity contribution is 5.82. The lowest BCUT2D eigenvalue weighted by Gasteiger charge is -2.18. The number of carbonyl (C=O) groups is 1. The number of carbonyl (C=O) groups excluding carboxylic acids is 1. The van der Waals surface area contributed by atoms with E-state index in [9.17, 15) is 9.18 Å². The Labute approximate surface area is 142 Å². The quantitative estimate of drug-likeness (QED) is 0.837. The monoisotopic (exact) mass is 326 g/mol. The van der Waals surface area contributed by atoms with E-state index in [1.807, 2.05) is 32.1 Å². The second-order valence-electron chi connectivity index (χ2n) is 6.76. The number of halogens is 1. The van der Waals surface area contributed by atoms with Gasteiger partial charge < -0.3 is 9.80 Å². The Morgan fingerprint density at radius 2 is 1.83 bits per heavy atom. The van der Waals surface area contributed by atoms with Crippen LogP contribution in [0.2, 0.25) is 0 Å². The van der Waals surface area contributed by atoms with Crippen molar-refractivity contribution in [1.29, 1.82) is 0 Å². The fraction of sp³-hybridized carbons (Fsp3) is 0.350. The lowest BCUT2D eigenvalue weighted by molar-refractivity contribution is -0.131. The standard InChI is InChI=1S/C20H23FN2O/c1-22(2)17-9-7-14(8-10-17)13-23(3)20(24)19-12-18(19)15-5-4-6-16(21)11-15/h4-11,18-19H,12-13H2,1-3H3/t18-,19+/m0/s1. The van der Waals surface area contributed by atoms with E-state index in [4.69, 9.17) is 0 Å². The molecule has 0 spiro atoms. The zero-order valence-corrected chi connectivity index (χ0v) is 14.4. The maximum absolute atomic E-state index is 13.3. The summed E-state index contributed by atoms with van der Waals surface area (Å²) in [4.78, 5) is 16.4. The van der Waals surface area contributed by atoms with Gasteiger partial charge >= 0.3 is 0 Å². The number of nitrogens with zero attached hydrogens (tertiary/aromatic N) is 2. The molecule has 0 aromatic heterocycles. The molecule has 0 saturated heterocycles. The number of hydrogen-bond donors (Lipinski definition) is 0. The topological polar surface area (TPSA) is 23.6 Å². The molecule has 3 rings (SSSR count). The summed E-state index contributed by atoms with van der Waals surface area (Å²) < 4.78 is 13.3. The summed E-state index contributed by atoms with van der Waals surface area (Å²) >= 11 is 0. The van der Waals surface area contributed by atoms with Crippen LogP contribution in [0, 0.1) is 11.7 Å². The number of hydrogen-bond acceptors (Lipinski definition) is 2. The van der Waals surface area contributed by atoms with Gasteiger partial charge in [-0.1, -0.05) is 24.3 Å². The highest BCUT2D eigenvalue weighted by Gasteiger charge is 2.45. The molecule has 0 unspecified atom stereocenters. The minimum Gasteiger partial charge on any atom is -0.378 e. The van der Waals surface area contributed by atoms with Crippen molar-refractivity contribution in [2.24, 2.45) is 5.92 Å². The van der Waals surface area contributed by atoms with Crippen molar-refractivity contribution in [3.05, 3.63) is 65.5 Å². The molecular weight excluding hydrogens is 303 g/mol. The molecule has 1 saturated carbocycles. The summed E-state index contributed by atoms with van der Waals surface area (Å²) in [7, 11) is 5.85. The second kappa shape index (κ2) is 6.63. The van der Waals surface area contributed by atoms with Crippen molar-refractivity contribution in [2.75, 3.05) is 26.0 Å². The molecule has 1 aliphatic rings. The average molecular weight is 326 g/mol. The predicted octanol–water partition coefficient (Wildman–Crippen LogP) is 3.65. The van der Waals surface area contributed by atoms with E-state index < -0.39 is 0 Å². The van der Waals surface area contributed by atoms with Crippen LogP contribution in [0.25, 0.3) is 0 Å². The van der Waals surface area contributed by atoms with Crippen molar-refractivity contribution in [1.82, 2.24) is 4.90 Å². The molecule has 2 aromatic rings. The number of rotatable bonds is 5.